The van der Waals surface area contributed by atoms with Gasteiger partial charge in [-0.25, -0.2) is 4.98 Å². The van der Waals surface area contributed by atoms with Crippen molar-refractivity contribution in [2.75, 3.05) is 11.9 Å². The van der Waals surface area contributed by atoms with Crippen molar-refractivity contribution >= 4 is 28.3 Å². The number of anilines is 1. The van der Waals surface area contributed by atoms with Gasteiger partial charge in [0.2, 0.25) is 11.8 Å². The molecule has 5 nitrogen and oxygen atoms in total. The number of hydrogen-bond acceptors (Lipinski definition) is 4. The Balaban J connectivity index is 1.76. The lowest BCUT2D eigenvalue weighted by Crippen LogP contribution is -2.36. The fraction of sp³-hybridized carbons (Fsp3) is 0.615. The lowest BCUT2D eigenvalue weighted by Gasteiger charge is -2.09. The SMILES string of the molecule is Cc1nc(NC(=O)CNC(=O)C2CCCC2)sc1C. The Hall–Kier alpha value is -1.43. The fourth-order valence-corrected chi connectivity index (χ4v) is 3.02. The highest BCUT2D eigenvalue weighted by molar-refractivity contribution is 7.15. The maximum atomic E-state index is 11.8. The highest BCUT2D eigenvalue weighted by Crippen LogP contribution is 2.24. The Morgan fingerprint density at radius 1 is 1.32 bits per heavy atom. The van der Waals surface area contributed by atoms with Crippen LogP contribution in [-0.4, -0.2) is 23.3 Å². The molecule has 0 aliphatic heterocycles. The molecule has 2 amide bonds. The molecule has 0 saturated heterocycles. The number of rotatable bonds is 4. The van der Waals surface area contributed by atoms with E-state index in [0.717, 1.165) is 36.3 Å². The molecule has 0 unspecified atom stereocenters. The van der Waals surface area contributed by atoms with Crippen LogP contribution in [0.1, 0.15) is 36.3 Å². The van der Waals surface area contributed by atoms with Gasteiger partial charge in [0.25, 0.3) is 0 Å². The summed E-state index contributed by atoms with van der Waals surface area (Å²) in [6, 6.07) is 0. The molecule has 1 aliphatic carbocycles. The Bertz CT molecular complexity index is 459. The molecule has 1 fully saturated rings. The third-order valence-electron chi connectivity index (χ3n) is 3.42. The number of aryl methyl sites for hydroxylation is 2. The van der Waals surface area contributed by atoms with Crippen LogP contribution in [0.5, 0.6) is 0 Å². The molecule has 1 heterocycles. The summed E-state index contributed by atoms with van der Waals surface area (Å²) in [5.74, 6) is -0.128. The van der Waals surface area contributed by atoms with Gasteiger partial charge in [0.15, 0.2) is 5.13 Å². The molecule has 0 spiro atoms. The largest absolute Gasteiger partial charge is 0.347 e. The zero-order valence-corrected chi connectivity index (χ0v) is 12.1. The summed E-state index contributed by atoms with van der Waals surface area (Å²) in [6.45, 7) is 3.89. The molecule has 1 saturated carbocycles. The molecule has 19 heavy (non-hydrogen) atoms. The average molecular weight is 281 g/mol. The first-order valence-electron chi connectivity index (χ1n) is 6.58. The van der Waals surface area contributed by atoms with Crippen LogP contribution >= 0.6 is 11.3 Å². The lowest BCUT2D eigenvalue weighted by molar-refractivity contribution is -0.127. The first-order chi connectivity index (χ1) is 9.06. The smallest absolute Gasteiger partial charge is 0.245 e. The van der Waals surface area contributed by atoms with Crippen LogP contribution in [0.15, 0.2) is 0 Å². The standard InChI is InChI=1S/C13H19N3O2S/c1-8-9(2)19-13(15-8)16-11(17)7-14-12(18)10-5-3-4-6-10/h10H,3-7H2,1-2H3,(H,14,18)(H,15,16,17). The Labute approximate surface area is 116 Å². The van der Waals surface area contributed by atoms with Gasteiger partial charge >= 0.3 is 0 Å². The number of thiazole rings is 1. The van der Waals surface area contributed by atoms with E-state index in [-0.39, 0.29) is 24.3 Å². The van der Waals surface area contributed by atoms with Crippen molar-refractivity contribution in [1.82, 2.24) is 10.3 Å². The van der Waals surface area contributed by atoms with Gasteiger partial charge in [0.05, 0.1) is 12.2 Å². The van der Waals surface area contributed by atoms with Gasteiger partial charge in [-0.1, -0.05) is 12.8 Å². The van der Waals surface area contributed by atoms with Gasteiger partial charge in [-0.3, -0.25) is 9.59 Å². The van der Waals surface area contributed by atoms with Crippen LogP contribution in [0.4, 0.5) is 5.13 Å². The van der Waals surface area contributed by atoms with Gasteiger partial charge in [0, 0.05) is 10.8 Å². The molecule has 1 aromatic heterocycles. The van der Waals surface area contributed by atoms with Gasteiger partial charge in [0.1, 0.15) is 0 Å². The van der Waals surface area contributed by atoms with Crippen molar-refractivity contribution in [2.24, 2.45) is 5.92 Å². The quantitative estimate of drug-likeness (QED) is 0.886. The minimum atomic E-state index is -0.222. The van der Waals surface area contributed by atoms with Crippen molar-refractivity contribution in [3.05, 3.63) is 10.6 Å². The molecule has 2 rings (SSSR count). The number of nitrogens with zero attached hydrogens (tertiary/aromatic N) is 1. The van der Waals surface area contributed by atoms with Crippen LogP contribution in [0.3, 0.4) is 0 Å². The maximum absolute atomic E-state index is 11.8. The summed E-state index contributed by atoms with van der Waals surface area (Å²) in [5.41, 5.74) is 0.926. The van der Waals surface area contributed by atoms with Crippen molar-refractivity contribution in [2.45, 2.75) is 39.5 Å². The number of amides is 2. The van der Waals surface area contributed by atoms with E-state index in [1.807, 2.05) is 13.8 Å². The fourth-order valence-electron chi connectivity index (χ4n) is 2.19. The van der Waals surface area contributed by atoms with Gasteiger partial charge in [-0.2, -0.15) is 0 Å². The van der Waals surface area contributed by atoms with Gasteiger partial charge in [-0.05, 0) is 26.7 Å². The van der Waals surface area contributed by atoms with Gasteiger partial charge in [-0.15, -0.1) is 11.3 Å². The molecule has 2 N–H and O–H groups in total. The number of nitrogens with one attached hydrogen (secondary N) is 2. The average Bonchev–Trinajstić information content (AvgIpc) is 2.98. The second-order valence-corrected chi connectivity index (χ2v) is 6.11. The monoisotopic (exact) mass is 281 g/mol. The molecule has 0 atom stereocenters. The normalized spacial score (nSPS) is 15.5. The van der Waals surface area contributed by atoms with Crippen LogP contribution in [0, 0.1) is 19.8 Å². The minimum Gasteiger partial charge on any atom is -0.347 e. The summed E-state index contributed by atoms with van der Waals surface area (Å²) in [6.07, 6.45) is 4.11. The minimum absolute atomic E-state index is 0.000787. The van der Waals surface area contributed by atoms with Gasteiger partial charge < -0.3 is 10.6 Å². The van der Waals surface area contributed by atoms with E-state index in [2.05, 4.69) is 15.6 Å². The predicted octanol–water partition coefficient (Wildman–Crippen LogP) is 2.00. The summed E-state index contributed by atoms with van der Waals surface area (Å²) < 4.78 is 0. The second kappa shape index (κ2) is 6.14. The number of carbonyl (C=O) groups excluding carboxylic acids is 2. The molecule has 6 heteroatoms. The molecule has 1 aromatic rings. The number of aromatic nitrogens is 1. The van der Waals surface area contributed by atoms with Crippen LogP contribution < -0.4 is 10.6 Å². The maximum Gasteiger partial charge on any atom is 0.245 e. The Morgan fingerprint density at radius 3 is 2.58 bits per heavy atom. The molecular weight excluding hydrogens is 262 g/mol. The Morgan fingerprint density at radius 2 is 2.00 bits per heavy atom. The summed E-state index contributed by atoms with van der Waals surface area (Å²) in [5, 5.41) is 5.99. The van der Waals surface area contributed by atoms with E-state index >= 15 is 0 Å². The second-order valence-electron chi connectivity index (χ2n) is 4.91. The summed E-state index contributed by atoms with van der Waals surface area (Å²) in [4.78, 5) is 28.8. The first-order valence-corrected chi connectivity index (χ1v) is 7.39. The molecule has 0 bridgehead atoms. The van der Waals surface area contributed by atoms with Crippen LogP contribution in [-0.2, 0) is 9.59 Å². The van der Waals surface area contributed by atoms with Crippen molar-refractivity contribution in [1.29, 1.82) is 0 Å². The highest BCUT2D eigenvalue weighted by Gasteiger charge is 2.22. The van der Waals surface area contributed by atoms with E-state index < -0.39 is 0 Å². The van der Waals surface area contributed by atoms with E-state index in [0.29, 0.717) is 5.13 Å². The molecule has 104 valence electrons. The highest BCUT2D eigenvalue weighted by atomic mass is 32.1. The molecule has 0 radical (unpaired) electrons. The molecular formula is C13H19N3O2S. The molecule has 0 aromatic carbocycles. The number of carbonyl (C=O) groups is 2. The topological polar surface area (TPSA) is 71.1 Å². The van der Waals surface area contributed by atoms with E-state index in [9.17, 15) is 9.59 Å². The van der Waals surface area contributed by atoms with E-state index in [1.165, 1.54) is 11.3 Å². The summed E-state index contributed by atoms with van der Waals surface area (Å²) in [7, 11) is 0. The van der Waals surface area contributed by atoms with Crippen LogP contribution in [0.25, 0.3) is 0 Å². The third kappa shape index (κ3) is 3.76. The zero-order chi connectivity index (χ0) is 13.8. The molecule has 1 aliphatic rings. The summed E-state index contributed by atoms with van der Waals surface area (Å²) >= 11 is 1.45. The van der Waals surface area contributed by atoms with Crippen molar-refractivity contribution in [3.63, 3.8) is 0 Å². The predicted molar refractivity (Wildman–Crippen MR) is 75.2 cm³/mol. The Kier molecular flexibility index (Phi) is 4.52. The van der Waals surface area contributed by atoms with Crippen molar-refractivity contribution < 1.29 is 9.59 Å². The lowest BCUT2D eigenvalue weighted by atomic mass is 10.1. The van der Waals surface area contributed by atoms with E-state index in [4.69, 9.17) is 0 Å². The first kappa shape index (κ1) is 14.0. The van der Waals surface area contributed by atoms with Crippen LogP contribution in [0.2, 0.25) is 0 Å². The van der Waals surface area contributed by atoms with E-state index in [1.54, 1.807) is 0 Å². The zero-order valence-electron chi connectivity index (χ0n) is 11.3. The number of hydrogen-bond donors (Lipinski definition) is 2. The van der Waals surface area contributed by atoms with Crippen molar-refractivity contribution in [3.8, 4) is 0 Å². The third-order valence-corrected chi connectivity index (χ3v) is 4.41.